The smallest absolute Gasteiger partial charge is 0.275 e. The number of rotatable bonds is 2. The Morgan fingerprint density at radius 1 is 1.00 bits per heavy atom. The molecule has 7 heteroatoms. The summed E-state index contributed by atoms with van der Waals surface area (Å²) in [6.07, 6.45) is 5.22. The van der Waals surface area contributed by atoms with Crippen molar-refractivity contribution in [1.29, 1.82) is 0 Å². The molecule has 3 aliphatic heterocycles. The van der Waals surface area contributed by atoms with Crippen LogP contribution in [-0.2, 0) is 0 Å². The molecule has 2 bridgehead atoms. The van der Waals surface area contributed by atoms with Crippen molar-refractivity contribution in [1.82, 2.24) is 25.0 Å². The summed E-state index contributed by atoms with van der Waals surface area (Å²) in [6, 6.07) is 11.3. The summed E-state index contributed by atoms with van der Waals surface area (Å²) in [5.74, 6) is 0.223. The monoisotopic (exact) mass is 375 g/mol. The molecule has 1 aromatic carbocycles. The number of benzene rings is 1. The first-order valence-corrected chi connectivity index (χ1v) is 9.64. The zero-order chi connectivity index (χ0) is 19.1. The lowest BCUT2D eigenvalue weighted by Crippen LogP contribution is -2.47. The third-order valence-electron chi connectivity index (χ3n) is 5.84. The zero-order valence-corrected chi connectivity index (χ0v) is 15.4. The Hall–Kier alpha value is -3.22. The van der Waals surface area contributed by atoms with Crippen LogP contribution in [0.25, 0.3) is 10.9 Å². The van der Waals surface area contributed by atoms with Crippen LogP contribution in [0.2, 0.25) is 0 Å². The van der Waals surface area contributed by atoms with Gasteiger partial charge in [-0.05, 0) is 37.0 Å². The predicted molar refractivity (Wildman–Crippen MR) is 104 cm³/mol. The first kappa shape index (κ1) is 16.9. The lowest BCUT2D eigenvalue weighted by Gasteiger charge is -2.35. The van der Waals surface area contributed by atoms with Crippen LogP contribution >= 0.6 is 0 Å². The molecule has 3 aliphatic rings. The fourth-order valence-corrected chi connectivity index (χ4v) is 4.43. The number of H-pyrrole nitrogens is 1. The zero-order valence-electron chi connectivity index (χ0n) is 15.4. The van der Waals surface area contributed by atoms with Crippen LogP contribution < -0.4 is 0 Å². The second-order valence-corrected chi connectivity index (χ2v) is 7.62. The fourth-order valence-electron chi connectivity index (χ4n) is 4.43. The number of piperidine rings is 1. The standard InChI is InChI=1S/C21H21N5O2/c27-20(15-4-3-9-22-10-15)25-11-14-7-8-16(13-25)26(12-14)21(28)19-17-5-1-2-6-18(17)23-24-19/h1-6,9-10,14,16H,7-8,11-13H2,(H,23,24)/t14-,16+/m0/s1. The van der Waals surface area contributed by atoms with Gasteiger partial charge in [-0.1, -0.05) is 18.2 Å². The van der Waals surface area contributed by atoms with Gasteiger partial charge in [-0.25, -0.2) is 0 Å². The Morgan fingerprint density at radius 2 is 1.89 bits per heavy atom. The maximum absolute atomic E-state index is 13.3. The summed E-state index contributed by atoms with van der Waals surface area (Å²) in [4.78, 5) is 34.1. The molecule has 2 atom stereocenters. The number of nitrogens with one attached hydrogen (secondary N) is 1. The lowest BCUT2D eigenvalue weighted by atomic mass is 9.94. The SMILES string of the molecule is O=C(c1cccnc1)N1C[C@@H]2CC[C@H](C1)N(C(=O)c1n[nH]c3ccccc13)C2. The maximum Gasteiger partial charge on any atom is 0.275 e. The number of nitrogens with zero attached hydrogens (tertiary/aromatic N) is 4. The van der Waals surface area contributed by atoms with Crippen molar-refractivity contribution in [3.05, 3.63) is 60.0 Å². The molecule has 3 aromatic rings. The molecule has 3 saturated heterocycles. The van der Waals surface area contributed by atoms with Crippen LogP contribution in [-0.4, -0.2) is 62.5 Å². The number of fused-ring (bicyclic) bond motifs is 5. The molecule has 5 heterocycles. The minimum Gasteiger partial charge on any atom is -0.336 e. The van der Waals surface area contributed by atoms with Crippen molar-refractivity contribution < 1.29 is 9.59 Å². The largest absolute Gasteiger partial charge is 0.336 e. The highest BCUT2D eigenvalue weighted by Gasteiger charge is 2.39. The summed E-state index contributed by atoms with van der Waals surface area (Å²) < 4.78 is 0. The van der Waals surface area contributed by atoms with Gasteiger partial charge in [-0.3, -0.25) is 19.7 Å². The number of pyridine rings is 1. The topological polar surface area (TPSA) is 82.2 Å². The predicted octanol–water partition coefficient (Wildman–Crippen LogP) is 2.33. The van der Waals surface area contributed by atoms with Gasteiger partial charge in [0.25, 0.3) is 11.8 Å². The maximum atomic E-state index is 13.3. The minimum atomic E-state index is -0.0529. The van der Waals surface area contributed by atoms with Crippen LogP contribution in [0.4, 0.5) is 0 Å². The van der Waals surface area contributed by atoms with Gasteiger partial charge in [0.1, 0.15) is 0 Å². The van der Waals surface area contributed by atoms with Crippen molar-refractivity contribution in [2.75, 3.05) is 19.6 Å². The number of hydrogen-bond donors (Lipinski definition) is 1. The van der Waals surface area contributed by atoms with E-state index in [2.05, 4.69) is 15.2 Å². The molecule has 0 saturated carbocycles. The number of hydrogen-bond acceptors (Lipinski definition) is 4. The van der Waals surface area contributed by atoms with Crippen molar-refractivity contribution in [2.45, 2.75) is 18.9 Å². The van der Waals surface area contributed by atoms with E-state index in [0.29, 0.717) is 30.9 Å². The average Bonchev–Trinajstić information content (AvgIpc) is 2.95. The van der Waals surface area contributed by atoms with Crippen LogP contribution in [0.5, 0.6) is 0 Å². The van der Waals surface area contributed by atoms with Crippen LogP contribution in [0.3, 0.4) is 0 Å². The van der Waals surface area contributed by atoms with Gasteiger partial charge in [0.05, 0.1) is 11.1 Å². The number of amides is 2. The van der Waals surface area contributed by atoms with E-state index < -0.39 is 0 Å². The van der Waals surface area contributed by atoms with Gasteiger partial charge in [0.2, 0.25) is 0 Å². The molecule has 28 heavy (non-hydrogen) atoms. The fraction of sp³-hybridized carbons (Fsp3) is 0.333. The Labute approximate surface area is 162 Å². The van der Waals surface area contributed by atoms with Gasteiger partial charge < -0.3 is 9.80 Å². The molecular formula is C21H21N5O2. The molecule has 1 N–H and O–H groups in total. The molecule has 0 spiro atoms. The summed E-state index contributed by atoms with van der Waals surface area (Å²) in [5, 5.41) is 8.07. The normalized spacial score (nSPS) is 21.7. The molecule has 0 aliphatic carbocycles. The molecule has 7 nitrogen and oxygen atoms in total. The second kappa shape index (κ2) is 6.74. The average molecular weight is 375 g/mol. The molecule has 2 amide bonds. The van der Waals surface area contributed by atoms with Gasteiger partial charge >= 0.3 is 0 Å². The first-order valence-electron chi connectivity index (χ1n) is 9.64. The van der Waals surface area contributed by atoms with Crippen molar-refractivity contribution in [2.24, 2.45) is 5.92 Å². The summed E-state index contributed by atoms with van der Waals surface area (Å²) in [6.45, 7) is 1.90. The summed E-state index contributed by atoms with van der Waals surface area (Å²) in [7, 11) is 0. The molecule has 3 fully saturated rings. The van der Waals surface area contributed by atoms with E-state index in [1.54, 1.807) is 24.5 Å². The Bertz CT molecular complexity index is 1030. The Balaban J connectivity index is 1.41. The molecule has 2 aromatic heterocycles. The van der Waals surface area contributed by atoms with Crippen LogP contribution in [0, 0.1) is 5.92 Å². The minimum absolute atomic E-state index is 0.00971. The van der Waals surface area contributed by atoms with E-state index in [-0.39, 0.29) is 23.8 Å². The number of carbonyl (C=O) groups is 2. The van der Waals surface area contributed by atoms with E-state index in [4.69, 9.17) is 0 Å². The van der Waals surface area contributed by atoms with Crippen molar-refractivity contribution >= 4 is 22.7 Å². The number of para-hydroxylation sites is 1. The molecule has 142 valence electrons. The van der Waals surface area contributed by atoms with Crippen molar-refractivity contribution in [3.63, 3.8) is 0 Å². The number of aromatic nitrogens is 3. The third-order valence-corrected chi connectivity index (χ3v) is 5.84. The highest BCUT2D eigenvalue weighted by molar-refractivity contribution is 6.04. The van der Waals surface area contributed by atoms with Gasteiger partial charge in [0, 0.05) is 43.5 Å². The number of carbonyl (C=O) groups excluding carboxylic acids is 2. The first-order chi connectivity index (χ1) is 13.7. The van der Waals surface area contributed by atoms with Crippen molar-refractivity contribution in [3.8, 4) is 0 Å². The van der Waals surface area contributed by atoms with Gasteiger partial charge in [-0.15, -0.1) is 0 Å². The molecule has 6 rings (SSSR count). The van der Waals surface area contributed by atoms with E-state index in [1.165, 1.54) is 0 Å². The summed E-state index contributed by atoms with van der Waals surface area (Å²) >= 11 is 0. The highest BCUT2D eigenvalue weighted by atomic mass is 16.2. The highest BCUT2D eigenvalue weighted by Crippen LogP contribution is 2.30. The molecule has 0 radical (unpaired) electrons. The second-order valence-electron chi connectivity index (χ2n) is 7.62. The molecular weight excluding hydrogens is 354 g/mol. The summed E-state index contributed by atoms with van der Waals surface area (Å²) in [5.41, 5.74) is 1.92. The van der Waals surface area contributed by atoms with Gasteiger partial charge in [-0.2, -0.15) is 5.10 Å². The van der Waals surface area contributed by atoms with Gasteiger partial charge in [0.15, 0.2) is 5.69 Å². The molecule has 0 unspecified atom stereocenters. The Kier molecular flexibility index (Phi) is 4.07. The number of aromatic amines is 1. The quantitative estimate of drug-likeness (QED) is 0.745. The van der Waals surface area contributed by atoms with Crippen LogP contribution in [0.1, 0.15) is 33.7 Å². The van der Waals surface area contributed by atoms with E-state index in [0.717, 1.165) is 23.7 Å². The Morgan fingerprint density at radius 3 is 2.75 bits per heavy atom. The lowest BCUT2D eigenvalue weighted by molar-refractivity contribution is 0.0570. The van der Waals surface area contributed by atoms with E-state index in [9.17, 15) is 9.59 Å². The third kappa shape index (κ3) is 2.83. The van der Waals surface area contributed by atoms with E-state index >= 15 is 0 Å². The van der Waals surface area contributed by atoms with Crippen LogP contribution in [0.15, 0.2) is 48.8 Å². The van der Waals surface area contributed by atoms with E-state index in [1.807, 2.05) is 34.1 Å².